The lowest BCUT2D eigenvalue weighted by Gasteiger charge is -2.22. The minimum atomic E-state index is -0.485. The molecule has 3 heteroatoms. The molecule has 0 saturated carbocycles. The van der Waals surface area contributed by atoms with Crippen LogP contribution >= 0.6 is 0 Å². The second kappa shape index (κ2) is 4.93. The molecule has 0 aliphatic heterocycles. The van der Waals surface area contributed by atoms with Crippen molar-refractivity contribution in [3.63, 3.8) is 0 Å². The summed E-state index contributed by atoms with van der Waals surface area (Å²) >= 11 is 0. The maximum Gasteiger partial charge on any atom is 0.239 e. The van der Waals surface area contributed by atoms with E-state index < -0.39 is 5.54 Å². The highest BCUT2D eigenvalue weighted by Gasteiger charge is 2.23. The van der Waals surface area contributed by atoms with Crippen LogP contribution in [0.5, 0.6) is 0 Å². The van der Waals surface area contributed by atoms with Gasteiger partial charge in [0.15, 0.2) is 0 Å². The Labute approximate surface area is 74.2 Å². The molecule has 12 heavy (non-hydrogen) atoms. The van der Waals surface area contributed by atoms with Crippen molar-refractivity contribution < 1.29 is 4.79 Å². The smallest absolute Gasteiger partial charge is 0.239 e. The maximum absolute atomic E-state index is 11.4. The molecule has 0 radical (unpaired) electrons. The van der Waals surface area contributed by atoms with E-state index in [0.29, 0.717) is 6.54 Å². The van der Waals surface area contributed by atoms with Crippen LogP contribution in [0.25, 0.3) is 0 Å². The molecule has 70 valence electrons. The first-order chi connectivity index (χ1) is 5.54. The fourth-order valence-electron chi connectivity index (χ4n) is 0.622. The summed E-state index contributed by atoms with van der Waals surface area (Å²) < 4.78 is 0. The number of hydrogen-bond acceptors (Lipinski definition) is 2. The molecule has 0 atom stereocenters. The van der Waals surface area contributed by atoms with Crippen LogP contribution < -0.4 is 10.6 Å². The van der Waals surface area contributed by atoms with Crippen molar-refractivity contribution in [3.05, 3.63) is 12.7 Å². The van der Waals surface area contributed by atoms with Gasteiger partial charge in [-0.1, -0.05) is 6.08 Å². The van der Waals surface area contributed by atoms with Crippen molar-refractivity contribution in [3.8, 4) is 0 Å². The first kappa shape index (κ1) is 11.2. The van der Waals surface area contributed by atoms with Crippen LogP contribution in [0.3, 0.4) is 0 Å². The van der Waals surface area contributed by atoms with Gasteiger partial charge in [0, 0.05) is 6.54 Å². The zero-order valence-electron chi connectivity index (χ0n) is 8.11. The van der Waals surface area contributed by atoms with E-state index >= 15 is 0 Å². The summed E-state index contributed by atoms with van der Waals surface area (Å²) in [5.41, 5.74) is -0.485. The van der Waals surface area contributed by atoms with Crippen LogP contribution in [0.1, 0.15) is 20.3 Å². The lowest BCUT2D eigenvalue weighted by Crippen LogP contribution is -2.51. The van der Waals surface area contributed by atoms with E-state index in [2.05, 4.69) is 17.2 Å². The van der Waals surface area contributed by atoms with Crippen molar-refractivity contribution in [1.29, 1.82) is 0 Å². The minimum absolute atomic E-state index is 0.0202. The molecule has 0 aliphatic carbocycles. The first-order valence-corrected chi connectivity index (χ1v) is 4.12. The Morgan fingerprint density at radius 2 is 2.17 bits per heavy atom. The Bertz CT molecular complexity index is 164. The molecule has 0 unspecified atom stereocenters. The van der Waals surface area contributed by atoms with Gasteiger partial charge >= 0.3 is 0 Å². The molecule has 0 aromatic heterocycles. The van der Waals surface area contributed by atoms with E-state index in [4.69, 9.17) is 0 Å². The third kappa shape index (κ3) is 3.53. The fourth-order valence-corrected chi connectivity index (χ4v) is 0.622. The number of carbonyl (C=O) groups excluding carboxylic acids is 1. The Morgan fingerprint density at radius 1 is 1.58 bits per heavy atom. The Morgan fingerprint density at radius 3 is 2.58 bits per heavy atom. The molecule has 3 nitrogen and oxygen atoms in total. The average Bonchev–Trinajstić information content (AvgIpc) is 2.05. The Kier molecular flexibility index (Phi) is 4.59. The van der Waals surface area contributed by atoms with E-state index in [-0.39, 0.29) is 5.91 Å². The SMILES string of the molecule is C=CCCNC(=O)C(C)(C)NC. The van der Waals surface area contributed by atoms with Crippen molar-refractivity contribution in [2.45, 2.75) is 25.8 Å². The van der Waals surface area contributed by atoms with Gasteiger partial charge in [-0.15, -0.1) is 6.58 Å². The zero-order chi connectivity index (χ0) is 9.61. The Balaban J connectivity index is 3.79. The molecule has 2 N–H and O–H groups in total. The van der Waals surface area contributed by atoms with Crippen molar-refractivity contribution in [1.82, 2.24) is 10.6 Å². The van der Waals surface area contributed by atoms with Gasteiger partial charge < -0.3 is 10.6 Å². The topological polar surface area (TPSA) is 41.1 Å². The standard InChI is InChI=1S/C9H18N2O/c1-5-6-7-11-8(12)9(2,3)10-4/h5,10H,1,6-7H2,2-4H3,(H,11,12). The number of amides is 1. The van der Waals surface area contributed by atoms with Crippen LogP contribution in [0.4, 0.5) is 0 Å². The monoisotopic (exact) mass is 170 g/mol. The highest BCUT2D eigenvalue weighted by molar-refractivity contribution is 5.85. The minimum Gasteiger partial charge on any atom is -0.354 e. The van der Waals surface area contributed by atoms with Gasteiger partial charge in [-0.05, 0) is 27.3 Å². The Hall–Kier alpha value is -0.830. The third-order valence-electron chi connectivity index (χ3n) is 1.83. The van der Waals surface area contributed by atoms with Crippen molar-refractivity contribution in [2.75, 3.05) is 13.6 Å². The molecule has 0 bridgehead atoms. The fraction of sp³-hybridized carbons (Fsp3) is 0.667. The molecule has 1 amide bonds. The molecule has 0 saturated heterocycles. The summed E-state index contributed by atoms with van der Waals surface area (Å²) in [4.78, 5) is 11.4. The highest BCUT2D eigenvalue weighted by atomic mass is 16.2. The quantitative estimate of drug-likeness (QED) is 0.470. The summed E-state index contributed by atoms with van der Waals surface area (Å²) in [6, 6.07) is 0. The predicted octanol–water partition coefficient (Wildman–Crippen LogP) is 0.677. The molecule has 0 aromatic carbocycles. The normalized spacial score (nSPS) is 10.9. The predicted molar refractivity (Wildman–Crippen MR) is 51.0 cm³/mol. The molecule has 0 heterocycles. The van der Waals surface area contributed by atoms with Crippen LogP contribution in [0.15, 0.2) is 12.7 Å². The van der Waals surface area contributed by atoms with Gasteiger partial charge in [-0.25, -0.2) is 0 Å². The average molecular weight is 170 g/mol. The summed E-state index contributed by atoms with van der Waals surface area (Å²) in [6.45, 7) is 7.92. The number of carbonyl (C=O) groups is 1. The van der Waals surface area contributed by atoms with Gasteiger partial charge in [0.25, 0.3) is 0 Å². The van der Waals surface area contributed by atoms with Crippen LogP contribution in [-0.4, -0.2) is 25.0 Å². The maximum atomic E-state index is 11.4. The zero-order valence-corrected chi connectivity index (χ0v) is 8.11. The molecule has 0 spiro atoms. The highest BCUT2D eigenvalue weighted by Crippen LogP contribution is 1.99. The molecule has 0 fully saturated rings. The molecule has 0 aliphatic rings. The van der Waals surface area contributed by atoms with Crippen LogP contribution in [0.2, 0.25) is 0 Å². The second-order valence-electron chi connectivity index (χ2n) is 3.21. The number of hydrogen-bond donors (Lipinski definition) is 2. The van der Waals surface area contributed by atoms with Crippen LogP contribution in [0, 0.1) is 0 Å². The third-order valence-corrected chi connectivity index (χ3v) is 1.83. The van der Waals surface area contributed by atoms with Gasteiger partial charge in [-0.3, -0.25) is 4.79 Å². The molecular formula is C9H18N2O. The summed E-state index contributed by atoms with van der Waals surface area (Å²) in [7, 11) is 1.77. The van der Waals surface area contributed by atoms with E-state index in [0.717, 1.165) is 6.42 Å². The number of likely N-dealkylation sites (N-methyl/N-ethyl adjacent to an activating group) is 1. The lowest BCUT2D eigenvalue weighted by atomic mass is 10.1. The van der Waals surface area contributed by atoms with Gasteiger partial charge in [0.1, 0.15) is 0 Å². The van der Waals surface area contributed by atoms with Gasteiger partial charge in [-0.2, -0.15) is 0 Å². The van der Waals surface area contributed by atoms with E-state index in [9.17, 15) is 4.79 Å². The van der Waals surface area contributed by atoms with Gasteiger partial charge in [0.05, 0.1) is 5.54 Å². The second-order valence-corrected chi connectivity index (χ2v) is 3.21. The lowest BCUT2D eigenvalue weighted by molar-refractivity contribution is -0.126. The van der Waals surface area contributed by atoms with E-state index in [1.54, 1.807) is 13.1 Å². The summed E-state index contributed by atoms with van der Waals surface area (Å²) in [5.74, 6) is 0.0202. The van der Waals surface area contributed by atoms with E-state index in [1.165, 1.54) is 0 Å². The van der Waals surface area contributed by atoms with Crippen molar-refractivity contribution in [2.24, 2.45) is 0 Å². The molecule has 0 rings (SSSR count). The first-order valence-electron chi connectivity index (χ1n) is 4.12. The number of nitrogens with one attached hydrogen (secondary N) is 2. The number of rotatable bonds is 5. The van der Waals surface area contributed by atoms with Gasteiger partial charge in [0.2, 0.25) is 5.91 Å². The molecular weight excluding hydrogens is 152 g/mol. The van der Waals surface area contributed by atoms with Crippen LogP contribution in [-0.2, 0) is 4.79 Å². The van der Waals surface area contributed by atoms with Crippen molar-refractivity contribution >= 4 is 5.91 Å². The molecule has 0 aromatic rings. The summed E-state index contributed by atoms with van der Waals surface area (Å²) in [6.07, 6.45) is 2.60. The van der Waals surface area contributed by atoms with E-state index in [1.807, 2.05) is 13.8 Å². The largest absolute Gasteiger partial charge is 0.354 e. The summed E-state index contributed by atoms with van der Waals surface area (Å²) in [5, 5.41) is 5.73.